The van der Waals surface area contributed by atoms with Crippen molar-refractivity contribution in [1.82, 2.24) is 10.3 Å². The van der Waals surface area contributed by atoms with Crippen LogP contribution in [0.5, 0.6) is 0 Å². The highest BCUT2D eigenvalue weighted by Crippen LogP contribution is 2.22. The van der Waals surface area contributed by atoms with Gasteiger partial charge >= 0.3 is 0 Å². The van der Waals surface area contributed by atoms with Gasteiger partial charge in [0, 0.05) is 24.0 Å². The molecule has 0 bridgehead atoms. The summed E-state index contributed by atoms with van der Waals surface area (Å²) in [5.74, 6) is -0.0243. The van der Waals surface area contributed by atoms with E-state index in [-0.39, 0.29) is 24.1 Å². The Morgan fingerprint density at radius 1 is 1.42 bits per heavy atom. The van der Waals surface area contributed by atoms with E-state index in [0.717, 1.165) is 17.0 Å². The number of nitrogens with one attached hydrogen (secondary N) is 1. The van der Waals surface area contributed by atoms with Gasteiger partial charge in [0.2, 0.25) is 5.91 Å². The van der Waals surface area contributed by atoms with Crippen LogP contribution in [0, 0.1) is 0 Å². The van der Waals surface area contributed by atoms with E-state index in [4.69, 9.17) is 0 Å². The molecule has 108 valence electrons. The van der Waals surface area contributed by atoms with Crippen molar-refractivity contribution in [2.75, 3.05) is 12.0 Å². The van der Waals surface area contributed by atoms with Gasteiger partial charge in [-0.3, -0.25) is 4.79 Å². The Bertz CT molecular complexity index is 535. The number of thiazole rings is 1. The highest BCUT2D eigenvalue weighted by atomic mass is 32.2. The molecule has 1 N–H and O–H groups in total. The van der Waals surface area contributed by atoms with Crippen LogP contribution < -0.4 is 5.32 Å². The molecule has 0 saturated carbocycles. The molecule has 5 nitrogen and oxygen atoms in total. The summed E-state index contributed by atoms with van der Waals surface area (Å²) in [5, 5.41) is 5.72. The Morgan fingerprint density at radius 2 is 2.05 bits per heavy atom. The molecule has 1 amide bonds. The lowest BCUT2D eigenvalue weighted by atomic mass is 10.2. The van der Waals surface area contributed by atoms with E-state index in [1.165, 1.54) is 0 Å². The third-order valence-corrected chi connectivity index (χ3v) is 4.66. The average molecular weight is 304 g/mol. The number of hydrogen-bond acceptors (Lipinski definition) is 5. The first-order chi connectivity index (χ1) is 8.69. The van der Waals surface area contributed by atoms with Crippen LogP contribution >= 0.6 is 11.3 Å². The zero-order valence-corrected chi connectivity index (χ0v) is 13.3. The van der Waals surface area contributed by atoms with Crippen LogP contribution in [0.4, 0.5) is 0 Å². The summed E-state index contributed by atoms with van der Waals surface area (Å²) in [5.41, 5.74) is 0.821. The van der Waals surface area contributed by atoms with Crippen LogP contribution in [0.1, 0.15) is 49.9 Å². The molecule has 19 heavy (non-hydrogen) atoms. The molecule has 0 fully saturated rings. The standard InChI is InChI=1S/C12H20N2O3S2/c1-8(2)12-14-10(7-18-12)9(3)13-11(15)5-6-19(4,16)17/h7-9H,5-6H2,1-4H3,(H,13,15)/t9-/m1/s1. The lowest BCUT2D eigenvalue weighted by molar-refractivity contribution is -0.121. The van der Waals surface area contributed by atoms with Crippen molar-refractivity contribution in [2.45, 2.75) is 39.2 Å². The predicted molar refractivity (Wildman–Crippen MR) is 77.1 cm³/mol. The Labute approximate surface area is 118 Å². The Morgan fingerprint density at radius 3 is 2.53 bits per heavy atom. The Balaban J connectivity index is 2.54. The summed E-state index contributed by atoms with van der Waals surface area (Å²) < 4.78 is 22.0. The smallest absolute Gasteiger partial charge is 0.221 e. The van der Waals surface area contributed by atoms with Gasteiger partial charge < -0.3 is 5.32 Å². The monoisotopic (exact) mass is 304 g/mol. The molecule has 0 aromatic carbocycles. The summed E-state index contributed by atoms with van der Waals surface area (Å²) in [6.07, 6.45) is 1.11. The van der Waals surface area contributed by atoms with Gasteiger partial charge in [-0.2, -0.15) is 0 Å². The number of amides is 1. The topological polar surface area (TPSA) is 76.1 Å². The SMILES string of the molecule is CC(C)c1nc([C@@H](C)NC(=O)CCS(C)(=O)=O)cs1. The zero-order valence-electron chi connectivity index (χ0n) is 11.6. The normalized spacial score (nSPS) is 13.5. The van der Waals surface area contributed by atoms with E-state index in [1.807, 2.05) is 12.3 Å². The number of sulfone groups is 1. The number of carbonyl (C=O) groups excluding carboxylic acids is 1. The lowest BCUT2D eigenvalue weighted by Gasteiger charge is -2.11. The second-order valence-electron chi connectivity index (χ2n) is 4.93. The van der Waals surface area contributed by atoms with Gasteiger partial charge in [-0.05, 0) is 6.92 Å². The van der Waals surface area contributed by atoms with Crippen molar-refractivity contribution >= 4 is 27.1 Å². The molecule has 0 aliphatic carbocycles. The summed E-state index contributed by atoms with van der Waals surface area (Å²) >= 11 is 1.57. The van der Waals surface area contributed by atoms with Crippen LogP contribution in [-0.4, -0.2) is 31.3 Å². The molecule has 0 saturated heterocycles. The second-order valence-corrected chi connectivity index (χ2v) is 8.08. The first-order valence-corrected chi connectivity index (χ1v) is 9.05. The van der Waals surface area contributed by atoms with Gasteiger partial charge in [-0.25, -0.2) is 13.4 Å². The van der Waals surface area contributed by atoms with E-state index >= 15 is 0 Å². The van der Waals surface area contributed by atoms with Crippen molar-refractivity contribution < 1.29 is 13.2 Å². The van der Waals surface area contributed by atoms with Gasteiger partial charge in [0.05, 0.1) is 22.5 Å². The number of aromatic nitrogens is 1. The number of rotatable bonds is 6. The molecule has 0 unspecified atom stereocenters. The highest BCUT2D eigenvalue weighted by molar-refractivity contribution is 7.90. The van der Waals surface area contributed by atoms with Crippen LogP contribution in [0.15, 0.2) is 5.38 Å². The number of carbonyl (C=O) groups is 1. The van der Waals surface area contributed by atoms with Gasteiger partial charge in [-0.1, -0.05) is 13.8 Å². The first-order valence-electron chi connectivity index (χ1n) is 6.11. The fourth-order valence-corrected chi connectivity index (χ4v) is 2.92. The van der Waals surface area contributed by atoms with E-state index < -0.39 is 9.84 Å². The van der Waals surface area contributed by atoms with Crippen LogP contribution in [0.25, 0.3) is 0 Å². The van der Waals surface area contributed by atoms with Crippen LogP contribution in [0.2, 0.25) is 0 Å². The Kier molecular flexibility index (Phi) is 5.49. The maximum Gasteiger partial charge on any atom is 0.221 e. The number of hydrogen-bond donors (Lipinski definition) is 1. The van der Waals surface area contributed by atoms with Gasteiger partial charge in [-0.15, -0.1) is 11.3 Å². The quantitative estimate of drug-likeness (QED) is 0.870. The average Bonchev–Trinajstić information content (AvgIpc) is 2.74. The predicted octanol–water partition coefficient (Wildman–Crippen LogP) is 1.88. The summed E-state index contributed by atoms with van der Waals surface area (Å²) in [7, 11) is -3.10. The number of nitrogens with zero attached hydrogens (tertiary/aromatic N) is 1. The molecule has 1 heterocycles. The van der Waals surface area contributed by atoms with Crippen molar-refractivity contribution in [2.24, 2.45) is 0 Å². The molecular formula is C12H20N2O3S2. The van der Waals surface area contributed by atoms with Gasteiger partial charge in [0.1, 0.15) is 9.84 Å². The zero-order chi connectivity index (χ0) is 14.6. The molecule has 1 aromatic heterocycles. The van der Waals surface area contributed by atoms with E-state index in [1.54, 1.807) is 11.3 Å². The minimum absolute atomic E-state index is 0.00958. The first kappa shape index (κ1) is 16.1. The summed E-state index contributed by atoms with van der Waals surface area (Å²) in [4.78, 5) is 16.1. The van der Waals surface area contributed by atoms with Crippen molar-refractivity contribution in [3.63, 3.8) is 0 Å². The minimum Gasteiger partial charge on any atom is -0.348 e. The fourth-order valence-electron chi connectivity index (χ4n) is 1.43. The maximum absolute atomic E-state index is 11.6. The maximum atomic E-state index is 11.6. The van der Waals surface area contributed by atoms with E-state index in [0.29, 0.717) is 5.92 Å². The molecule has 0 aliphatic heterocycles. The molecule has 0 aliphatic rings. The minimum atomic E-state index is -3.10. The molecule has 1 aromatic rings. The van der Waals surface area contributed by atoms with Gasteiger partial charge in [0.25, 0.3) is 0 Å². The molecule has 1 atom stereocenters. The van der Waals surface area contributed by atoms with Gasteiger partial charge in [0.15, 0.2) is 0 Å². The van der Waals surface area contributed by atoms with Crippen LogP contribution in [-0.2, 0) is 14.6 Å². The van der Waals surface area contributed by atoms with Crippen LogP contribution in [0.3, 0.4) is 0 Å². The third-order valence-electron chi connectivity index (χ3n) is 2.55. The summed E-state index contributed by atoms with van der Waals surface area (Å²) in [6.45, 7) is 5.98. The molecule has 7 heteroatoms. The third kappa shape index (κ3) is 5.69. The molecule has 0 radical (unpaired) electrons. The lowest BCUT2D eigenvalue weighted by Crippen LogP contribution is -2.28. The summed E-state index contributed by atoms with van der Waals surface area (Å²) in [6, 6.07) is -0.198. The largest absolute Gasteiger partial charge is 0.348 e. The van der Waals surface area contributed by atoms with Crippen molar-refractivity contribution in [3.8, 4) is 0 Å². The van der Waals surface area contributed by atoms with E-state index in [9.17, 15) is 13.2 Å². The molecule has 1 rings (SSSR count). The second kappa shape index (κ2) is 6.47. The van der Waals surface area contributed by atoms with Crippen molar-refractivity contribution in [3.05, 3.63) is 16.1 Å². The van der Waals surface area contributed by atoms with E-state index in [2.05, 4.69) is 24.1 Å². The highest BCUT2D eigenvalue weighted by Gasteiger charge is 2.15. The van der Waals surface area contributed by atoms with Crippen molar-refractivity contribution in [1.29, 1.82) is 0 Å². The molecule has 0 spiro atoms. The Hall–Kier alpha value is -0.950. The molecular weight excluding hydrogens is 284 g/mol. The fraction of sp³-hybridized carbons (Fsp3) is 0.667.